The van der Waals surface area contributed by atoms with E-state index >= 15 is 0 Å². The number of aryl methyl sites for hydroxylation is 1. The maximum atomic E-state index is 12.9. The standard InChI is InChI=1S/C25H28N2O4/c1-18-10-12-20(13-11-18)30-17-24(28)27-14-6-5-8-22(27)25-26-16-21(31-25)15-19-7-3-4-9-23(19)29-2/h3-4,7,9-13,16,22H,5-6,8,14-15,17H2,1-2H3/t22-/m0/s1. The lowest BCUT2D eigenvalue weighted by molar-refractivity contribution is -0.137. The molecule has 1 aliphatic rings. The summed E-state index contributed by atoms with van der Waals surface area (Å²) >= 11 is 0. The molecule has 0 saturated carbocycles. The molecule has 1 aromatic heterocycles. The SMILES string of the molecule is COc1ccccc1Cc1cnc([C@@H]2CCCCN2C(=O)COc2ccc(C)cc2)o1. The van der Waals surface area contributed by atoms with Gasteiger partial charge in [0.1, 0.15) is 23.3 Å². The van der Waals surface area contributed by atoms with E-state index in [0.29, 0.717) is 24.6 Å². The van der Waals surface area contributed by atoms with Crippen molar-refractivity contribution in [2.24, 2.45) is 0 Å². The second kappa shape index (κ2) is 9.69. The van der Waals surface area contributed by atoms with E-state index < -0.39 is 0 Å². The average Bonchev–Trinajstić information content (AvgIpc) is 3.27. The molecule has 1 atom stereocenters. The molecule has 0 spiro atoms. The van der Waals surface area contributed by atoms with Crippen LogP contribution in [0.3, 0.4) is 0 Å². The van der Waals surface area contributed by atoms with Crippen LogP contribution >= 0.6 is 0 Å². The number of ether oxygens (including phenoxy) is 2. The Bertz CT molecular complexity index is 1010. The van der Waals surface area contributed by atoms with Crippen LogP contribution in [0.2, 0.25) is 0 Å². The van der Waals surface area contributed by atoms with Gasteiger partial charge in [0, 0.05) is 18.5 Å². The monoisotopic (exact) mass is 420 g/mol. The van der Waals surface area contributed by atoms with Crippen LogP contribution in [0.5, 0.6) is 11.5 Å². The summed E-state index contributed by atoms with van der Waals surface area (Å²) in [7, 11) is 1.66. The maximum absolute atomic E-state index is 12.9. The molecule has 0 aliphatic carbocycles. The molecule has 6 nitrogen and oxygen atoms in total. The topological polar surface area (TPSA) is 64.8 Å². The number of carbonyl (C=O) groups excluding carboxylic acids is 1. The minimum absolute atomic E-state index is 0.00827. The summed E-state index contributed by atoms with van der Waals surface area (Å²) in [6.07, 6.45) is 5.19. The van der Waals surface area contributed by atoms with E-state index in [4.69, 9.17) is 13.9 Å². The Labute approximate surface area is 182 Å². The number of likely N-dealkylation sites (tertiary alicyclic amines) is 1. The van der Waals surface area contributed by atoms with Gasteiger partial charge in [-0.1, -0.05) is 35.9 Å². The largest absolute Gasteiger partial charge is 0.496 e. The van der Waals surface area contributed by atoms with Crippen LogP contribution in [0.25, 0.3) is 0 Å². The molecule has 1 saturated heterocycles. The van der Waals surface area contributed by atoms with E-state index in [2.05, 4.69) is 4.98 Å². The molecule has 1 aliphatic heterocycles. The normalized spacial score (nSPS) is 16.2. The predicted molar refractivity (Wildman–Crippen MR) is 117 cm³/mol. The smallest absolute Gasteiger partial charge is 0.261 e. The van der Waals surface area contributed by atoms with Gasteiger partial charge in [0.15, 0.2) is 6.61 Å². The number of rotatable bonds is 7. The number of aromatic nitrogens is 1. The van der Waals surface area contributed by atoms with Gasteiger partial charge in [-0.2, -0.15) is 0 Å². The zero-order chi connectivity index (χ0) is 21.6. The lowest BCUT2D eigenvalue weighted by atomic mass is 10.0. The van der Waals surface area contributed by atoms with Crippen molar-refractivity contribution < 1.29 is 18.7 Å². The maximum Gasteiger partial charge on any atom is 0.261 e. The Hall–Kier alpha value is -3.28. The van der Waals surface area contributed by atoms with Crippen molar-refractivity contribution in [1.29, 1.82) is 0 Å². The molecule has 0 bridgehead atoms. The highest BCUT2D eigenvalue weighted by atomic mass is 16.5. The van der Waals surface area contributed by atoms with E-state index in [1.54, 1.807) is 13.3 Å². The van der Waals surface area contributed by atoms with Crippen LogP contribution in [-0.4, -0.2) is 36.1 Å². The van der Waals surface area contributed by atoms with Gasteiger partial charge in [0.25, 0.3) is 5.91 Å². The highest BCUT2D eigenvalue weighted by Crippen LogP contribution is 2.31. The van der Waals surface area contributed by atoms with Crippen molar-refractivity contribution in [3.05, 3.63) is 77.5 Å². The van der Waals surface area contributed by atoms with Gasteiger partial charge < -0.3 is 18.8 Å². The summed E-state index contributed by atoms with van der Waals surface area (Å²) in [5.41, 5.74) is 2.19. The number of carbonyl (C=O) groups is 1. The van der Waals surface area contributed by atoms with Crippen LogP contribution < -0.4 is 9.47 Å². The van der Waals surface area contributed by atoms with Gasteiger partial charge in [0.2, 0.25) is 5.89 Å². The Kier molecular flexibility index (Phi) is 6.55. The third-order valence-corrected chi connectivity index (χ3v) is 5.62. The molecule has 1 fully saturated rings. The number of hydrogen-bond acceptors (Lipinski definition) is 5. The summed E-state index contributed by atoms with van der Waals surface area (Å²) in [5, 5.41) is 0. The van der Waals surface area contributed by atoms with Crippen molar-refractivity contribution in [2.75, 3.05) is 20.3 Å². The van der Waals surface area contributed by atoms with Gasteiger partial charge in [-0.3, -0.25) is 4.79 Å². The molecule has 1 amide bonds. The zero-order valence-electron chi connectivity index (χ0n) is 18.0. The number of nitrogens with zero attached hydrogens (tertiary/aromatic N) is 2. The summed E-state index contributed by atoms with van der Waals surface area (Å²) in [6, 6.07) is 15.4. The molecule has 2 aromatic carbocycles. The van der Waals surface area contributed by atoms with Crippen molar-refractivity contribution in [2.45, 2.75) is 38.6 Å². The van der Waals surface area contributed by atoms with E-state index in [1.165, 1.54) is 0 Å². The number of methoxy groups -OCH3 is 1. The molecule has 162 valence electrons. The van der Waals surface area contributed by atoms with Crippen molar-refractivity contribution in [3.63, 3.8) is 0 Å². The number of para-hydroxylation sites is 1. The number of hydrogen-bond donors (Lipinski definition) is 0. The molecule has 2 heterocycles. The van der Waals surface area contributed by atoms with Gasteiger partial charge in [-0.05, 0) is 44.4 Å². The van der Waals surface area contributed by atoms with Crippen LogP contribution in [-0.2, 0) is 11.2 Å². The average molecular weight is 421 g/mol. The molecule has 4 rings (SSSR count). The van der Waals surface area contributed by atoms with Gasteiger partial charge >= 0.3 is 0 Å². The molecule has 3 aromatic rings. The predicted octanol–water partition coefficient (Wildman–Crippen LogP) is 4.72. The fourth-order valence-corrected chi connectivity index (χ4v) is 3.94. The Morgan fingerprint density at radius 3 is 2.77 bits per heavy atom. The minimum atomic E-state index is -0.158. The van der Waals surface area contributed by atoms with Crippen molar-refractivity contribution in [1.82, 2.24) is 9.88 Å². The summed E-state index contributed by atoms with van der Waals surface area (Å²) in [6.45, 7) is 2.71. The Morgan fingerprint density at radius 1 is 1.16 bits per heavy atom. The zero-order valence-corrected chi connectivity index (χ0v) is 18.0. The van der Waals surface area contributed by atoms with E-state index in [-0.39, 0.29) is 18.6 Å². The molecule has 31 heavy (non-hydrogen) atoms. The fourth-order valence-electron chi connectivity index (χ4n) is 3.94. The van der Waals surface area contributed by atoms with Gasteiger partial charge in [0.05, 0.1) is 13.3 Å². The highest BCUT2D eigenvalue weighted by Gasteiger charge is 2.31. The molecule has 0 radical (unpaired) electrons. The van der Waals surface area contributed by atoms with Crippen LogP contribution in [0.15, 0.2) is 59.1 Å². The highest BCUT2D eigenvalue weighted by molar-refractivity contribution is 5.78. The quantitative estimate of drug-likeness (QED) is 0.554. The number of oxazole rings is 1. The first-order valence-corrected chi connectivity index (χ1v) is 10.7. The second-order valence-corrected chi connectivity index (χ2v) is 7.85. The Morgan fingerprint density at radius 2 is 1.97 bits per heavy atom. The third kappa shape index (κ3) is 5.08. The van der Waals surface area contributed by atoms with E-state index in [9.17, 15) is 4.79 Å². The molecule has 6 heteroatoms. The van der Waals surface area contributed by atoms with Crippen LogP contribution in [0.4, 0.5) is 0 Å². The number of benzene rings is 2. The van der Waals surface area contributed by atoms with Gasteiger partial charge in [-0.15, -0.1) is 0 Å². The van der Waals surface area contributed by atoms with Crippen molar-refractivity contribution in [3.8, 4) is 11.5 Å². The Balaban J connectivity index is 1.43. The summed E-state index contributed by atoms with van der Waals surface area (Å²) in [4.78, 5) is 19.3. The van der Waals surface area contributed by atoms with Crippen LogP contribution in [0.1, 0.15) is 48.1 Å². The van der Waals surface area contributed by atoms with E-state index in [0.717, 1.165) is 41.9 Å². The van der Waals surface area contributed by atoms with Gasteiger partial charge in [-0.25, -0.2) is 4.98 Å². The lowest BCUT2D eigenvalue weighted by Gasteiger charge is -2.33. The number of amides is 1. The first-order chi connectivity index (χ1) is 15.1. The number of piperidine rings is 1. The fraction of sp³-hybridized carbons (Fsp3) is 0.360. The summed E-state index contributed by atoms with van der Waals surface area (Å²) in [5.74, 6) is 2.82. The molecular weight excluding hydrogens is 392 g/mol. The third-order valence-electron chi connectivity index (χ3n) is 5.62. The summed E-state index contributed by atoms with van der Waals surface area (Å²) < 4.78 is 17.2. The lowest BCUT2D eigenvalue weighted by Crippen LogP contribution is -2.41. The van der Waals surface area contributed by atoms with Crippen LogP contribution in [0, 0.1) is 6.92 Å². The van der Waals surface area contributed by atoms with E-state index in [1.807, 2.05) is 60.4 Å². The molecule has 0 unspecified atom stereocenters. The molecular formula is C25H28N2O4. The van der Waals surface area contributed by atoms with Crippen molar-refractivity contribution >= 4 is 5.91 Å². The molecule has 0 N–H and O–H groups in total. The first-order valence-electron chi connectivity index (χ1n) is 10.7. The second-order valence-electron chi connectivity index (χ2n) is 7.85. The first kappa shape index (κ1) is 21.0. The minimum Gasteiger partial charge on any atom is -0.496 e.